The zero-order valence-electron chi connectivity index (χ0n) is 28.4. The molecule has 3 rings (SSSR count). The van der Waals surface area contributed by atoms with Crippen LogP contribution >= 0.6 is 11.6 Å². The molecule has 0 aliphatic rings. The summed E-state index contributed by atoms with van der Waals surface area (Å²) in [7, 11) is 1.55. The van der Waals surface area contributed by atoms with E-state index < -0.39 is 12.1 Å². The van der Waals surface area contributed by atoms with E-state index in [1.165, 1.54) is 64.2 Å². The van der Waals surface area contributed by atoms with Gasteiger partial charge >= 0.3 is 11.9 Å². The van der Waals surface area contributed by atoms with Crippen molar-refractivity contribution in [3.05, 3.63) is 64.3 Å². The highest BCUT2D eigenvalue weighted by molar-refractivity contribution is 6.30. The van der Waals surface area contributed by atoms with Crippen molar-refractivity contribution >= 4 is 40.3 Å². The van der Waals surface area contributed by atoms with Crippen molar-refractivity contribution in [3.63, 3.8) is 0 Å². The second-order valence-corrected chi connectivity index (χ2v) is 12.7. The van der Waals surface area contributed by atoms with Gasteiger partial charge in [0.15, 0.2) is 0 Å². The Morgan fingerprint density at radius 1 is 0.787 bits per heavy atom. The van der Waals surface area contributed by atoms with Gasteiger partial charge in [-0.3, -0.25) is 19.0 Å². The quantitative estimate of drug-likeness (QED) is 0.0842. The Kier molecular flexibility index (Phi) is 16.8. The van der Waals surface area contributed by atoms with Crippen molar-refractivity contribution in [2.24, 2.45) is 0 Å². The zero-order valence-corrected chi connectivity index (χ0v) is 29.1. The van der Waals surface area contributed by atoms with Crippen LogP contribution in [0.3, 0.4) is 0 Å². The average molecular weight is 670 g/mol. The number of ether oxygens (including phenoxy) is 3. The summed E-state index contributed by atoms with van der Waals surface area (Å²) in [5.74, 6) is -0.614. The summed E-state index contributed by atoms with van der Waals surface area (Å²) in [6.45, 7) is 3.47. The Morgan fingerprint density at radius 3 is 1.91 bits per heavy atom. The zero-order chi connectivity index (χ0) is 34.0. The van der Waals surface area contributed by atoms with Gasteiger partial charge in [0.2, 0.25) is 0 Å². The summed E-state index contributed by atoms with van der Waals surface area (Å²) >= 11 is 6.01. The lowest BCUT2D eigenvalue weighted by atomic mass is 10.0. The van der Waals surface area contributed by atoms with Gasteiger partial charge in [-0.05, 0) is 61.4 Å². The lowest BCUT2D eigenvalue weighted by Gasteiger charge is -2.12. The summed E-state index contributed by atoms with van der Waals surface area (Å²) < 4.78 is 17.5. The monoisotopic (exact) mass is 669 g/mol. The lowest BCUT2D eigenvalue weighted by Crippen LogP contribution is -2.26. The molecular formula is C38H52ClNO7. The van der Waals surface area contributed by atoms with Crippen molar-refractivity contribution in [1.82, 2.24) is 4.57 Å². The molecule has 0 saturated carbocycles. The first-order valence-electron chi connectivity index (χ1n) is 17.2. The number of benzene rings is 2. The second-order valence-electron chi connectivity index (χ2n) is 12.3. The maximum absolute atomic E-state index is 13.5. The van der Waals surface area contributed by atoms with Gasteiger partial charge < -0.3 is 19.3 Å². The average Bonchev–Trinajstić information content (AvgIpc) is 3.34. The van der Waals surface area contributed by atoms with E-state index in [4.69, 9.17) is 25.8 Å². The first-order valence-corrected chi connectivity index (χ1v) is 17.6. The third-order valence-corrected chi connectivity index (χ3v) is 8.77. The number of aromatic nitrogens is 1. The molecule has 1 atom stereocenters. The van der Waals surface area contributed by atoms with E-state index in [2.05, 4.69) is 6.92 Å². The van der Waals surface area contributed by atoms with Gasteiger partial charge in [0.1, 0.15) is 25.1 Å². The topological polar surface area (TPSA) is 104 Å². The number of halogens is 1. The number of carbonyl (C=O) groups is 3. The van der Waals surface area contributed by atoms with Gasteiger partial charge in [-0.1, -0.05) is 95.6 Å². The molecule has 0 amide bonds. The van der Waals surface area contributed by atoms with Crippen molar-refractivity contribution in [2.45, 2.75) is 116 Å². The molecule has 3 aromatic rings. The number of aliphatic hydroxyl groups excluding tert-OH is 1. The summed E-state index contributed by atoms with van der Waals surface area (Å²) in [6.07, 6.45) is 15.1. The highest BCUT2D eigenvalue weighted by Crippen LogP contribution is 2.31. The molecule has 0 spiro atoms. The van der Waals surface area contributed by atoms with Crippen LogP contribution in [0.5, 0.6) is 5.75 Å². The van der Waals surface area contributed by atoms with Crippen molar-refractivity contribution in [2.75, 3.05) is 20.3 Å². The largest absolute Gasteiger partial charge is 0.497 e. The number of hydrogen-bond acceptors (Lipinski definition) is 7. The van der Waals surface area contributed by atoms with E-state index >= 15 is 0 Å². The van der Waals surface area contributed by atoms with E-state index in [1.54, 1.807) is 61.1 Å². The minimum absolute atomic E-state index is 0.123. The summed E-state index contributed by atoms with van der Waals surface area (Å²) in [4.78, 5) is 38.5. The van der Waals surface area contributed by atoms with Gasteiger partial charge in [-0.2, -0.15) is 0 Å². The molecule has 0 bridgehead atoms. The molecular weight excluding hydrogens is 618 g/mol. The van der Waals surface area contributed by atoms with E-state index in [9.17, 15) is 19.5 Å². The highest BCUT2D eigenvalue weighted by atomic mass is 35.5. The number of fused-ring (bicyclic) bond motifs is 1. The molecule has 8 nitrogen and oxygen atoms in total. The van der Waals surface area contributed by atoms with Gasteiger partial charge in [0.05, 0.1) is 19.0 Å². The standard InChI is InChI=1S/C38H52ClNO7/c1-4-5-6-7-8-9-10-11-12-13-14-15-16-17-36(42)46-26-31(41)27-47-37(43)25-33-28(2)40(35-23-22-32(45-3)24-34(33)35)38(44)29-18-20-30(39)21-19-29/h18-24,31,41H,4-17,25-27H2,1-3H3. The van der Waals surface area contributed by atoms with Crippen LogP contribution in [-0.2, 0) is 25.5 Å². The van der Waals surface area contributed by atoms with Gasteiger partial charge in [0, 0.05) is 28.1 Å². The van der Waals surface area contributed by atoms with Crippen LogP contribution in [0.4, 0.5) is 0 Å². The summed E-state index contributed by atoms with van der Waals surface area (Å²) in [5, 5.41) is 11.5. The Bertz CT molecular complexity index is 1420. The molecule has 0 fully saturated rings. The first kappa shape index (κ1) is 38.1. The number of unbranched alkanes of at least 4 members (excludes halogenated alkanes) is 12. The van der Waals surface area contributed by atoms with Gasteiger partial charge in [-0.15, -0.1) is 0 Å². The van der Waals surface area contributed by atoms with E-state index in [1.807, 2.05) is 0 Å². The molecule has 1 heterocycles. The maximum Gasteiger partial charge on any atom is 0.310 e. The number of rotatable bonds is 22. The second kappa shape index (κ2) is 20.8. The number of hydrogen-bond donors (Lipinski definition) is 1. The third kappa shape index (κ3) is 12.6. The molecule has 0 aliphatic heterocycles. The van der Waals surface area contributed by atoms with Crippen molar-refractivity contribution in [3.8, 4) is 5.75 Å². The lowest BCUT2D eigenvalue weighted by molar-refractivity contribution is -0.152. The maximum atomic E-state index is 13.5. The summed E-state index contributed by atoms with van der Waals surface area (Å²) in [5.41, 5.74) is 2.28. The molecule has 2 aromatic carbocycles. The smallest absolute Gasteiger partial charge is 0.310 e. The van der Waals surface area contributed by atoms with Crippen molar-refractivity contribution in [1.29, 1.82) is 0 Å². The highest BCUT2D eigenvalue weighted by Gasteiger charge is 2.23. The molecule has 47 heavy (non-hydrogen) atoms. The first-order chi connectivity index (χ1) is 22.7. The number of aliphatic hydroxyl groups is 1. The van der Waals surface area contributed by atoms with E-state index in [0.717, 1.165) is 19.3 Å². The predicted octanol–water partition coefficient (Wildman–Crippen LogP) is 8.77. The van der Waals surface area contributed by atoms with E-state index in [0.29, 0.717) is 44.9 Å². The van der Waals surface area contributed by atoms with Crippen LogP contribution in [0.25, 0.3) is 10.9 Å². The minimum atomic E-state index is -1.14. The van der Waals surface area contributed by atoms with Crippen molar-refractivity contribution < 1.29 is 33.7 Å². The number of carbonyl (C=O) groups excluding carboxylic acids is 3. The van der Waals surface area contributed by atoms with Crippen LogP contribution in [0.15, 0.2) is 42.5 Å². The summed E-state index contributed by atoms with van der Waals surface area (Å²) in [6, 6.07) is 11.9. The molecule has 0 aliphatic carbocycles. The number of esters is 2. The van der Waals surface area contributed by atoms with Crippen LogP contribution in [0, 0.1) is 6.92 Å². The molecule has 0 saturated heterocycles. The fraction of sp³-hybridized carbons (Fsp3) is 0.553. The molecule has 1 N–H and O–H groups in total. The molecule has 0 radical (unpaired) electrons. The van der Waals surface area contributed by atoms with Crippen LogP contribution < -0.4 is 4.74 Å². The SMILES string of the molecule is CCCCCCCCCCCCCCCC(=O)OCC(O)COC(=O)Cc1c(C)n(C(=O)c2ccc(Cl)cc2)c2ccc(OC)cc12. The number of methoxy groups -OCH3 is 1. The van der Waals surface area contributed by atoms with Gasteiger partial charge in [-0.25, -0.2) is 0 Å². The predicted molar refractivity (Wildman–Crippen MR) is 186 cm³/mol. The Balaban J connectivity index is 1.38. The molecule has 1 unspecified atom stereocenters. The number of nitrogens with zero attached hydrogens (tertiary/aromatic N) is 1. The third-order valence-electron chi connectivity index (χ3n) is 8.52. The Morgan fingerprint density at radius 2 is 1.34 bits per heavy atom. The van der Waals surface area contributed by atoms with Gasteiger partial charge in [0.25, 0.3) is 5.91 Å². The molecule has 9 heteroatoms. The molecule has 258 valence electrons. The normalized spacial score (nSPS) is 11.9. The fourth-order valence-corrected chi connectivity index (χ4v) is 5.90. The van der Waals surface area contributed by atoms with Crippen LogP contribution in [0.2, 0.25) is 5.02 Å². The van der Waals surface area contributed by atoms with E-state index in [-0.39, 0.29) is 31.5 Å². The fourth-order valence-electron chi connectivity index (χ4n) is 5.78. The van der Waals surface area contributed by atoms with Crippen LogP contribution in [-0.4, -0.2) is 53.9 Å². The Labute approximate surface area is 284 Å². The van der Waals surface area contributed by atoms with Crippen LogP contribution in [0.1, 0.15) is 118 Å². The Hall–Kier alpha value is -3.36. The molecule has 1 aromatic heterocycles. The minimum Gasteiger partial charge on any atom is -0.497 e.